The lowest BCUT2D eigenvalue weighted by Crippen LogP contribution is -2.54. The minimum atomic E-state index is -0.962. The van der Waals surface area contributed by atoms with Gasteiger partial charge in [0.2, 0.25) is 17.8 Å². The lowest BCUT2D eigenvalue weighted by atomic mass is 9.87. The standard InChI is InChI=1S/C41H53N11O6/c1-3-58-40(57)33-24-42-41(45-28-23-43-48(2)25-28)47-36(33)44-27-4-6-29(7-5-27)50-16-13-26(14-17-50)12-15-49-18-20-51(21-19-49)30-8-9-31-32(22-30)39(56)52(38(31)55)34-10-11-35(53)46-37(34)54/h8-9,22-27,29,34H,3-7,10-21H2,1-2H3,(H,46,53,54)(H2,42,44,45,47). The summed E-state index contributed by atoms with van der Waals surface area (Å²) in [4.78, 5) is 80.8. The molecule has 0 radical (unpaired) electrons. The topological polar surface area (TPSA) is 187 Å². The van der Waals surface area contributed by atoms with Gasteiger partial charge in [-0.2, -0.15) is 10.1 Å². The van der Waals surface area contributed by atoms with Gasteiger partial charge in [-0.1, -0.05) is 0 Å². The molecule has 0 bridgehead atoms. The molecule has 4 amide bonds. The van der Waals surface area contributed by atoms with E-state index >= 15 is 0 Å². The Bertz CT molecular complexity index is 2030. The van der Waals surface area contributed by atoms with Gasteiger partial charge < -0.3 is 25.2 Å². The van der Waals surface area contributed by atoms with Crippen LogP contribution in [0.2, 0.25) is 0 Å². The van der Waals surface area contributed by atoms with Gasteiger partial charge in [-0.3, -0.25) is 39.0 Å². The zero-order chi connectivity index (χ0) is 40.3. The van der Waals surface area contributed by atoms with Crippen LogP contribution in [-0.4, -0.2) is 135 Å². The summed E-state index contributed by atoms with van der Waals surface area (Å²) in [5.74, 6) is -0.778. The number of carbonyl (C=O) groups is 5. The Labute approximate surface area is 337 Å². The van der Waals surface area contributed by atoms with Gasteiger partial charge >= 0.3 is 5.97 Å². The van der Waals surface area contributed by atoms with Crippen LogP contribution in [0.3, 0.4) is 0 Å². The van der Waals surface area contributed by atoms with Crippen LogP contribution in [0.1, 0.15) is 95.8 Å². The van der Waals surface area contributed by atoms with Gasteiger partial charge in [0.1, 0.15) is 17.4 Å². The second kappa shape index (κ2) is 17.2. The third kappa shape index (κ3) is 8.55. The second-order valence-electron chi connectivity index (χ2n) is 16.1. The monoisotopic (exact) mass is 795 g/mol. The molecule has 1 atom stereocenters. The summed E-state index contributed by atoms with van der Waals surface area (Å²) in [7, 11) is 1.84. The molecule has 3 saturated heterocycles. The molecule has 3 aromatic rings. The Balaban J connectivity index is 0.762. The van der Waals surface area contributed by atoms with Crippen molar-refractivity contribution in [2.75, 3.05) is 68.0 Å². The second-order valence-corrected chi connectivity index (χ2v) is 16.1. The fourth-order valence-corrected chi connectivity index (χ4v) is 9.16. The summed E-state index contributed by atoms with van der Waals surface area (Å²) in [6, 6.07) is 5.18. The molecule has 17 nitrogen and oxygen atoms in total. The third-order valence-electron chi connectivity index (χ3n) is 12.5. The van der Waals surface area contributed by atoms with Crippen LogP contribution in [0.25, 0.3) is 0 Å². The summed E-state index contributed by atoms with van der Waals surface area (Å²) in [5, 5.41) is 13.2. The fraction of sp³-hybridized carbons (Fsp3) is 0.561. The zero-order valence-corrected chi connectivity index (χ0v) is 33.3. The highest BCUT2D eigenvalue weighted by atomic mass is 16.5. The molecule has 4 aliphatic heterocycles. The van der Waals surface area contributed by atoms with E-state index in [0.717, 1.165) is 87.8 Å². The Morgan fingerprint density at radius 3 is 2.38 bits per heavy atom. The molecule has 58 heavy (non-hydrogen) atoms. The zero-order valence-electron chi connectivity index (χ0n) is 33.3. The van der Waals surface area contributed by atoms with Gasteiger partial charge in [0, 0.05) is 69.8 Å². The minimum absolute atomic E-state index is 0.0998. The molecular formula is C41H53N11O6. The molecule has 1 unspecified atom stereocenters. The number of fused-ring (bicyclic) bond motifs is 1. The van der Waals surface area contributed by atoms with Crippen molar-refractivity contribution in [3.05, 3.63) is 53.5 Å². The van der Waals surface area contributed by atoms with Crippen molar-refractivity contribution in [3.8, 4) is 0 Å². The van der Waals surface area contributed by atoms with Crippen molar-refractivity contribution in [1.82, 2.24) is 39.8 Å². The number of benzene rings is 1. The number of piperazine rings is 1. The number of esters is 1. The minimum Gasteiger partial charge on any atom is -0.462 e. The lowest BCUT2D eigenvalue weighted by Gasteiger charge is -2.41. The molecule has 17 heteroatoms. The molecule has 2 aromatic heterocycles. The highest BCUT2D eigenvalue weighted by Crippen LogP contribution is 2.33. The number of hydrogen-bond acceptors (Lipinski definition) is 14. The first-order valence-electron chi connectivity index (χ1n) is 20.8. The van der Waals surface area contributed by atoms with Crippen molar-refractivity contribution in [2.24, 2.45) is 13.0 Å². The number of aromatic nitrogens is 4. The maximum Gasteiger partial charge on any atom is 0.343 e. The molecule has 308 valence electrons. The maximum atomic E-state index is 13.3. The number of amides is 4. The van der Waals surface area contributed by atoms with Gasteiger partial charge in [0.25, 0.3) is 11.8 Å². The molecule has 0 spiro atoms. The summed E-state index contributed by atoms with van der Waals surface area (Å²) in [6.45, 7) is 8.92. The first-order valence-corrected chi connectivity index (χ1v) is 20.8. The van der Waals surface area contributed by atoms with Gasteiger partial charge in [0.05, 0.1) is 29.6 Å². The smallest absolute Gasteiger partial charge is 0.343 e. The number of carbonyl (C=O) groups excluding carboxylic acids is 5. The van der Waals surface area contributed by atoms with E-state index in [1.807, 2.05) is 19.3 Å². The Morgan fingerprint density at radius 2 is 1.67 bits per heavy atom. The third-order valence-corrected chi connectivity index (χ3v) is 12.5. The number of likely N-dealkylation sites (tertiary alicyclic amines) is 1. The van der Waals surface area contributed by atoms with Crippen molar-refractivity contribution in [1.29, 1.82) is 0 Å². The van der Waals surface area contributed by atoms with Crippen LogP contribution in [0.4, 0.5) is 23.1 Å². The number of ether oxygens (including phenoxy) is 1. The molecule has 1 aromatic carbocycles. The van der Waals surface area contributed by atoms with Gasteiger partial charge in [-0.15, -0.1) is 0 Å². The summed E-state index contributed by atoms with van der Waals surface area (Å²) < 4.78 is 6.99. The Morgan fingerprint density at radius 1 is 0.914 bits per heavy atom. The average molecular weight is 796 g/mol. The van der Waals surface area contributed by atoms with E-state index in [9.17, 15) is 24.0 Å². The van der Waals surface area contributed by atoms with Gasteiger partial charge in [-0.25, -0.2) is 9.78 Å². The van der Waals surface area contributed by atoms with E-state index in [1.165, 1.54) is 25.5 Å². The molecule has 3 N–H and O–H groups in total. The number of rotatable bonds is 12. The molecule has 6 heterocycles. The number of anilines is 4. The predicted octanol–water partition coefficient (Wildman–Crippen LogP) is 3.18. The highest BCUT2D eigenvalue weighted by molar-refractivity contribution is 6.23. The maximum absolute atomic E-state index is 13.3. The fourth-order valence-electron chi connectivity index (χ4n) is 9.16. The van der Waals surface area contributed by atoms with Crippen molar-refractivity contribution < 1.29 is 28.7 Å². The molecule has 5 aliphatic rings. The first kappa shape index (κ1) is 39.4. The number of nitrogens with zero attached hydrogens (tertiary/aromatic N) is 8. The molecule has 1 saturated carbocycles. The van der Waals surface area contributed by atoms with Gasteiger partial charge in [-0.05, 0) is 102 Å². The van der Waals surface area contributed by atoms with Crippen molar-refractivity contribution >= 4 is 52.7 Å². The number of piperidine rings is 2. The van der Waals surface area contributed by atoms with Crippen LogP contribution in [-0.2, 0) is 21.4 Å². The number of imide groups is 2. The SMILES string of the molecule is CCOC(=O)c1cnc(Nc2cnn(C)c2)nc1NC1CCC(N2CCC(CCN3CCN(c4ccc5c(c4)C(=O)N(C4CCC(=O)NC4=O)C5=O)CC3)CC2)CC1. The normalized spacial score (nSPS) is 23.5. The Kier molecular flexibility index (Phi) is 11.7. The van der Waals surface area contributed by atoms with E-state index in [-0.39, 0.29) is 31.4 Å². The predicted molar refractivity (Wildman–Crippen MR) is 215 cm³/mol. The van der Waals surface area contributed by atoms with Crippen molar-refractivity contribution in [3.63, 3.8) is 0 Å². The van der Waals surface area contributed by atoms with Crippen LogP contribution in [0.5, 0.6) is 0 Å². The average Bonchev–Trinajstić information content (AvgIpc) is 3.75. The van der Waals surface area contributed by atoms with E-state index < -0.39 is 29.7 Å². The van der Waals surface area contributed by atoms with Crippen LogP contribution in [0, 0.1) is 5.92 Å². The van der Waals surface area contributed by atoms with E-state index in [1.54, 1.807) is 29.9 Å². The summed E-state index contributed by atoms with van der Waals surface area (Å²) in [6.07, 6.45) is 13.1. The van der Waals surface area contributed by atoms with E-state index in [2.05, 4.69) is 45.7 Å². The molecule has 8 rings (SSSR count). The molecule has 1 aliphatic carbocycles. The summed E-state index contributed by atoms with van der Waals surface area (Å²) in [5.41, 5.74) is 2.63. The summed E-state index contributed by atoms with van der Waals surface area (Å²) >= 11 is 0. The first-order chi connectivity index (χ1) is 28.1. The lowest BCUT2D eigenvalue weighted by molar-refractivity contribution is -0.136. The van der Waals surface area contributed by atoms with Crippen LogP contribution >= 0.6 is 0 Å². The van der Waals surface area contributed by atoms with Crippen LogP contribution < -0.4 is 20.9 Å². The van der Waals surface area contributed by atoms with E-state index in [0.29, 0.717) is 40.4 Å². The van der Waals surface area contributed by atoms with Crippen molar-refractivity contribution in [2.45, 2.75) is 82.8 Å². The quantitative estimate of drug-likeness (QED) is 0.179. The molecule has 4 fully saturated rings. The number of aryl methyl sites for hydroxylation is 1. The number of hydrogen-bond donors (Lipinski definition) is 3. The Hall–Kier alpha value is -5.42. The number of nitrogens with one attached hydrogen (secondary N) is 3. The van der Waals surface area contributed by atoms with E-state index in [4.69, 9.17) is 4.74 Å². The highest BCUT2D eigenvalue weighted by Gasteiger charge is 2.45. The largest absolute Gasteiger partial charge is 0.462 e. The molecular weight excluding hydrogens is 743 g/mol. The van der Waals surface area contributed by atoms with Gasteiger partial charge in [0.15, 0.2) is 0 Å². The van der Waals surface area contributed by atoms with Crippen LogP contribution in [0.15, 0.2) is 36.8 Å².